The van der Waals surface area contributed by atoms with Crippen molar-refractivity contribution in [2.24, 2.45) is 0 Å². The Morgan fingerprint density at radius 2 is 2.07 bits per heavy atom. The van der Waals surface area contributed by atoms with Gasteiger partial charge in [-0.2, -0.15) is 0 Å². The van der Waals surface area contributed by atoms with Crippen molar-refractivity contribution >= 4 is 0 Å². The fourth-order valence-electron chi connectivity index (χ4n) is 1.50. The molecule has 0 aliphatic heterocycles. The summed E-state index contributed by atoms with van der Waals surface area (Å²) in [5.74, 6) is 0. The molecule has 0 saturated heterocycles. The van der Waals surface area contributed by atoms with Crippen molar-refractivity contribution in [1.29, 1.82) is 0 Å². The molecule has 0 aliphatic rings. The molecule has 1 unspecified atom stereocenters. The largest absolute Gasteiger partial charge is 0.394 e. The van der Waals surface area contributed by atoms with Gasteiger partial charge in [0.2, 0.25) is 0 Å². The Balaban J connectivity index is 2.39. The van der Waals surface area contributed by atoms with Crippen LogP contribution in [0.5, 0.6) is 0 Å². The Hall–Kier alpha value is -1.12. The van der Waals surface area contributed by atoms with E-state index in [9.17, 15) is 5.11 Å². The highest BCUT2D eigenvalue weighted by molar-refractivity contribution is 5.18. The number of unbranched alkanes of at least 4 members (excludes halogenated alkanes) is 1. The molecule has 0 radical (unpaired) electrons. The fraction of sp³-hybridized carbons (Fsp3) is 0.385. The predicted molar refractivity (Wildman–Crippen MR) is 63.7 cm³/mol. The second-order valence-corrected chi connectivity index (χ2v) is 3.53. The summed E-state index contributed by atoms with van der Waals surface area (Å²) in [4.78, 5) is 0. The molecule has 1 atom stereocenters. The van der Waals surface area contributed by atoms with Crippen molar-refractivity contribution in [1.82, 2.24) is 5.32 Å². The number of aliphatic hydroxyl groups excluding tert-OH is 1. The zero-order valence-electron chi connectivity index (χ0n) is 9.02. The van der Waals surface area contributed by atoms with Crippen LogP contribution in [0, 0.1) is 0 Å². The minimum absolute atomic E-state index is 0.0519. The smallest absolute Gasteiger partial charge is 0.0626 e. The lowest BCUT2D eigenvalue weighted by Crippen LogP contribution is -2.25. The van der Waals surface area contributed by atoms with Gasteiger partial charge in [-0.25, -0.2) is 0 Å². The van der Waals surface area contributed by atoms with Crippen LogP contribution < -0.4 is 5.32 Å². The first-order valence-electron chi connectivity index (χ1n) is 5.38. The molecule has 0 saturated carbocycles. The minimum atomic E-state index is 0.0519. The Morgan fingerprint density at radius 1 is 1.33 bits per heavy atom. The topological polar surface area (TPSA) is 32.3 Å². The Bertz CT molecular complexity index is 271. The molecule has 2 N–H and O–H groups in total. The minimum Gasteiger partial charge on any atom is -0.394 e. The fourth-order valence-corrected chi connectivity index (χ4v) is 1.50. The molecule has 0 aliphatic carbocycles. The van der Waals surface area contributed by atoms with Crippen molar-refractivity contribution in [3.05, 3.63) is 48.6 Å². The van der Waals surface area contributed by atoms with Crippen molar-refractivity contribution in [2.75, 3.05) is 13.2 Å². The number of hydrogen-bond acceptors (Lipinski definition) is 2. The molecule has 2 heteroatoms. The normalized spacial score (nSPS) is 12.3. The first-order chi connectivity index (χ1) is 7.38. The first kappa shape index (κ1) is 12.0. The Labute approximate surface area is 91.6 Å². The molecular formula is C13H19NO. The van der Waals surface area contributed by atoms with Gasteiger partial charge in [-0.05, 0) is 24.9 Å². The first-order valence-corrected chi connectivity index (χ1v) is 5.38. The number of hydrogen-bond donors (Lipinski definition) is 2. The Kier molecular flexibility index (Phi) is 5.74. The zero-order valence-corrected chi connectivity index (χ0v) is 9.02. The van der Waals surface area contributed by atoms with Gasteiger partial charge in [0, 0.05) is 0 Å². The van der Waals surface area contributed by atoms with Crippen LogP contribution in [0.4, 0.5) is 0 Å². The predicted octanol–water partition coefficient (Wildman–Crippen LogP) is 2.28. The number of benzene rings is 1. The molecule has 15 heavy (non-hydrogen) atoms. The summed E-state index contributed by atoms with van der Waals surface area (Å²) in [6, 6.07) is 10.1. The van der Waals surface area contributed by atoms with Crippen LogP contribution in [0.25, 0.3) is 0 Å². The van der Waals surface area contributed by atoms with Crippen molar-refractivity contribution in [3.63, 3.8) is 0 Å². The maximum Gasteiger partial charge on any atom is 0.0626 e. The van der Waals surface area contributed by atoms with E-state index in [1.165, 1.54) is 0 Å². The molecule has 1 rings (SSSR count). The van der Waals surface area contributed by atoms with Crippen LogP contribution in [-0.2, 0) is 0 Å². The Morgan fingerprint density at radius 3 is 2.67 bits per heavy atom. The maximum atomic E-state index is 9.25. The number of nitrogens with one attached hydrogen (secondary N) is 1. The molecule has 0 aromatic heterocycles. The van der Waals surface area contributed by atoms with Gasteiger partial charge in [-0.1, -0.05) is 36.4 Å². The second kappa shape index (κ2) is 7.21. The van der Waals surface area contributed by atoms with Gasteiger partial charge >= 0.3 is 0 Å². The molecule has 2 nitrogen and oxygen atoms in total. The van der Waals surface area contributed by atoms with Gasteiger partial charge in [0.25, 0.3) is 0 Å². The highest BCUT2D eigenvalue weighted by Gasteiger charge is 2.07. The van der Waals surface area contributed by atoms with Gasteiger partial charge in [-0.3, -0.25) is 0 Å². The summed E-state index contributed by atoms with van der Waals surface area (Å²) in [5.41, 5.74) is 1.14. The van der Waals surface area contributed by atoms with Crippen LogP contribution >= 0.6 is 0 Å². The van der Waals surface area contributed by atoms with Crippen LogP contribution in [-0.4, -0.2) is 18.3 Å². The third-order valence-corrected chi connectivity index (χ3v) is 2.36. The lowest BCUT2D eigenvalue weighted by Gasteiger charge is -2.16. The van der Waals surface area contributed by atoms with Gasteiger partial charge < -0.3 is 10.4 Å². The monoisotopic (exact) mass is 205 g/mol. The number of aliphatic hydroxyl groups is 1. The van der Waals surface area contributed by atoms with Crippen LogP contribution in [0.3, 0.4) is 0 Å². The van der Waals surface area contributed by atoms with E-state index in [-0.39, 0.29) is 12.6 Å². The van der Waals surface area contributed by atoms with E-state index in [1.807, 2.05) is 36.4 Å². The van der Waals surface area contributed by atoms with E-state index < -0.39 is 0 Å². The van der Waals surface area contributed by atoms with Crippen molar-refractivity contribution in [3.8, 4) is 0 Å². The standard InChI is InChI=1S/C13H19NO/c1-2-3-7-10-14-13(11-15)12-8-5-4-6-9-12/h2,4-6,8-9,13-15H,1,3,7,10-11H2. The van der Waals surface area contributed by atoms with Crippen molar-refractivity contribution < 1.29 is 5.11 Å². The second-order valence-electron chi connectivity index (χ2n) is 3.53. The van der Waals surface area contributed by atoms with Crippen LogP contribution in [0.1, 0.15) is 24.4 Å². The SMILES string of the molecule is C=CCCCNC(CO)c1ccccc1. The van der Waals surface area contributed by atoms with E-state index in [0.29, 0.717) is 0 Å². The molecule has 1 aromatic rings. The molecular weight excluding hydrogens is 186 g/mol. The van der Waals surface area contributed by atoms with Gasteiger partial charge in [0.1, 0.15) is 0 Å². The summed E-state index contributed by atoms with van der Waals surface area (Å²) < 4.78 is 0. The lowest BCUT2D eigenvalue weighted by atomic mass is 10.1. The van der Waals surface area contributed by atoms with E-state index in [4.69, 9.17) is 0 Å². The van der Waals surface area contributed by atoms with Crippen LogP contribution in [0.2, 0.25) is 0 Å². The summed E-state index contributed by atoms with van der Waals surface area (Å²) in [7, 11) is 0. The average molecular weight is 205 g/mol. The summed E-state index contributed by atoms with van der Waals surface area (Å²) in [6.07, 6.45) is 3.99. The van der Waals surface area contributed by atoms with Gasteiger partial charge in [0.05, 0.1) is 12.6 Å². The van der Waals surface area contributed by atoms with E-state index in [0.717, 1.165) is 24.9 Å². The van der Waals surface area contributed by atoms with E-state index in [2.05, 4.69) is 11.9 Å². The van der Waals surface area contributed by atoms with Gasteiger partial charge in [0.15, 0.2) is 0 Å². The maximum absolute atomic E-state index is 9.25. The third kappa shape index (κ3) is 4.28. The zero-order chi connectivity index (χ0) is 10.9. The quantitative estimate of drug-likeness (QED) is 0.528. The molecule has 0 amide bonds. The number of allylic oxidation sites excluding steroid dienone is 1. The van der Waals surface area contributed by atoms with E-state index in [1.54, 1.807) is 0 Å². The summed E-state index contributed by atoms with van der Waals surface area (Å²) in [5, 5.41) is 12.6. The molecule has 1 aromatic carbocycles. The average Bonchev–Trinajstić information content (AvgIpc) is 2.30. The van der Waals surface area contributed by atoms with Crippen LogP contribution in [0.15, 0.2) is 43.0 Å². The molecule has 0 heterocycles. The summed E-state index contributed by atoms with van der Waals surface area (Å²) in [6.45, 7) is 4.72. The molecule has 0 spiro atoms. The molecule has 0 fully saturated rings. The van der Waals surface area contributed by atoms with Gasteiger partial charge in [-0.15, -0.1) is 6.58 Å². The highest BCUT2D eigenvalue weighted by Crippen LogP contribution is 2.11. The molecule has 0 bridgehead atoms. The summed E-state index contributed by atoms with van der Waals surface area (Å²) >= 11 is 0. The van der Waals surface area contributed by atoms with Crippen molar-refractivity contribution in [2.45, 2.75) is 18.9 Å². The highest BCUT2D eigenvalue weighted by atomic mass is 16.3. The lowest BCUT2D eigenvalue weighted by molar-refractivity contribution is 0.244. The number of rotatable bonds is 7. The third-order valence-electron chi connectivity index (χ3n) is 2.36. The molecule has 82 valence electrons. The van der Waals surface area contributed by atoms with E-state index >= 15 is 0 Å².